The van der Waals surface area contributed by atoms with Gasteiger partial charge in [-0.05, 0) is 30.9 Å². The summed E-state index contributed by atoms with van der Waals surface area (Å²) in [5.74, 6) is 1.13. The topological polar surface area (TPSA) is 29.9 Å². The van der Waals surface area contributed by atoms with Crippen molar-refractivity contribution in [2.75, 3.05) is 6.54 Å². The molecule has 2 aromatic heterocycles. The lowest BCUT2D eigenvalue weighted by atomic mass is 10.2. The summed E-state index contributed by atoms with van der Waals surface area (Å²) in [6, 6.07) is 2.60. The van der Waals surface area contributed by atoms with Crippen LogP contribution in [0.15, 0.2) is 23.8 Å². The van der Waals surface area contributed by atoms with Crippen LogP contribution in [-0.2, 0) is 13.5 Å². The highest BCUT2D eigenvalue weighted by molar-refractivity contribution is 7.10. The van der Waals surface area contributed by atoms with Gasteiger partial charge in [-0.3, -0.25) is 0 Å². The van der Waals surface area contributed by atoms with Gasteiger partial charge in [0.1, 0.15) is 5.82 Å². The van der Waals surface area contributed by atoms with Crippen molar-refractivity contribution in [1.82, 2.24) is 14.9 Å². The molecular formula is C13H19N3S. The molecule has 2 heterocycles. The summed E-state index contributed by atoms with van der Waals surface area (Å²) in [6.45, 7) is 5.35. The van der Waals surface area contributed by atoms with Crippen molar-refractivity contribution in [2.45, 2.75) is 26.3 Å². The van der Waals surface area contributed by atoms with Crippen molar-refractivity contribution in [1.29, 1.82) is 0 Å². The highest BCUT2D eigenvalue weighted by Crippen LogP contribution is 2.23. The van der Waals surface area contributed by atoms with Crippen LogP contribution in [-0.4, -0.2) is 16.1 Å². The van der Waals surface area contributed by atoms with E-state index in [0.717, 1.165) is 18.8 Å². The fraction of sp³-hybridized carbons (Fsp3) is 0.462. The number of thiophene rings is 1. The molecule has 0 aliphatic rings. The molecule has 0 bridgehead atoms. The van der Waals surface area contributed by atoms with Gasteiger partial charge in [-0.15, -0.1) is 11.3 Å². The summed E-state index contributed by atoms with van der Waals surface area (Å²) in [5, 5.41) is 5.70. The number of aryl methyl sites for hydroxylation is 2. The standard InChI is InChI=1S/C13H19N3S/c1-10-5-9-17-13(10)11(2)14-6-4-12-15-7-8-16(12)3/h5,7-9,11,14H,4,6H2,1-3H3. The van der Waals surface area contributed by atoms with Gasteiger partial charge in [-0.2, -0.15) is 0 Å². The lowest BCUT2D eigenvalue weighted by Crippen LogP contribution is -2.22. The Bertz CT molecular complexity index is 472. The highest BCUT2D eigenvalue weighted by Gasteiger charge is 2.09. The highest BCUT2D eigenvalue weighted by atomic mass is 32.1. The second-order valence-corrected chi connectivity index (χ2v) is 5.30. The normalized spacial score (nSPS) is 12.9. The van der Waals surface area contributed by atoms with E-state index < -0.39 is 0 Å². The summed E-state index contributed by atoms with van der Waals surface area (Å²) < 4.78 is 2.07. The van der Waals surface area contributed by atoms with Crippen molar-refractivity contribution in [3.8, 4) is 0 Å². The third-order valence-corrected chi connectivity index (χ3v) is 4.22. The van der Waals surface area contributed by atoms with E-state index in [9.17, 15) is 0 Å². The molecular weight excluding hydrogens is 230 g/mol. The van der Waals surface area contributed by atoms with Crippen LogP contribution in [0.2, 0.25) is 0 Å². The molecule has 2 aromatic rings. The van der Waals surface area contributed by atoms with Gasteiger partial charge in [0.15, 0.2) is 0 Å². The van der Waals surface area contributed by atoms with Gasteiger partial charge in [0, 0.05) is 43.3 Å². The SMILES string of the molecule is Cc1ccsc1C(C)NCCc1nccn1C. The van der Waals surface area contributed by atoms with Crippen LogP contribution in [0.5, 0.6) is 0 Å². The maximum absolute atomic E-state index is 4.32. The van der Waals surface area contributed by atoms with Gasteiger partial charge in [0.2, 0.25) is 0 Å². The van der Waals surface area contributed by atoms with E-state index in [2.05, 4.69) is 40.2 Å². The molecule has 0 saturated heterocycles. The number of nitrogens with one attached hydrogen (secondary N) is 1. The number of hydrogen-bond acceptors (Lipinski definition) is 3. The van der Waals surface area contributed by atoms with Gasteiger partial charge in [0.05, 0.1) is 0 Å². The largest absolute Gasteiger partial charge is 0.338 e. The van der Waals surface area contributed by atoms with Crippen LogP contribution in [0.25, 0.3) is 0 Å². The maximum Gasteiger partial charge on any atom is 0.109 e. The zero-order chi connectivity index (χ0) is 12.3. The Balaban J connectivity index is 1.83. The minimum atomic E-state index is 0.426. The molecule has 1 atom stereocenters. The monoisotopic (exact) mass is 249 g/mol. The molecule has 0 aliphatic carbocycles. The zero-order valence-electron chi connectivity index (χ0n) is 10.6. The molecule has 0 radical (unpaired) electrons. The average molecular weight is 249 g/mol. The fourth-order valence-electron chi connectivity index (χ4n) is 1.96. The Morgan fingerprint density at radius 1 is 1.53 bits per heavy atom. The fourth-order valence-corrected chi connectivity index (χ4v) is 2.92. The van der Waals surface area contributed by atoms with Gasteiger partial charge < -0.3 is 9.88 Å². The summed E-state index contributed by atoms with van der Waals surface area (Å²) in [6.07, 6.45) is 4.81. The first-order valence-corrected chi connectivity index (χ1v) is 6.80. The second kappa shape index (κ2) is 5.47. The van der Waals surface area contributed by atoms with Gasteiger partial charge in [-0.25, -0.2) is 4.98 Å². The first-order valence-electron chi connectivity index (χ1n) is 5.92. The number of aromatic nitrogens is 2. The van der Waals surface area contributed by atoms with Crippen molar-refractivity contribution >= 4 is 11.3 Å². The average Bonchev–Trinajstić information content (AvgIpc) is 2.88. The second-order valence-electron chi connectivity index (χ2n) is 4.35. The molecule has 92 valence electrons. The molecule has 1 N–H and O–H groups in total. The molecule has 0 aromatic carbocycles. The van der Waals surface area contributed by atoms with Gasteiger partial charge >= 0.3 is 0 Å². The number of hydrogen-bond donors (Lipinski definition) is 1. The first-order chi connectivity index (χ1) is 8.18. The predicted octanol–water partition coefficient (Wildman–Crippen LogP) is 2.68. The van der Waals surface area contributed by atoms with E-state index >= 15 is 0 Å². The molecule has 1 unspecified atom stereocenters. The summed E-state index contributed by atoms with van der Waals surface area (Å²) >= 11 is 1.83. The van der Waals surface area contributed by atoms with E-state index in [1.54, 1.807) is 0 Å². The number of rotatable bonds is 5. The van der Waals surface area contributed by atoms with Crippen LogP contribution in [0.4, 0.5) is 0 Å². The van der Waals surface area contributed by atoms with E-state index in [4.69, 9.17) is 0 Å². The van der Waals surface area contributed by atoms with E-state index in [-0.39, 0.29) is 0 Å². The van der Waals surface area contributed by atoms with Gasteiger partial charge in [-0.1, -0.05) is 0 Å². The van der Waals surface area contributed by atoms with E-state index in [1.165, 1.54) is 10.4 Å². The van der Waals surface area contributed by atoms with Crippen LogP contribution in [0, 0.1) is 6.92 Å². The van der Waals surface area contributed by atoms with Crippen LogP contribution in [0.1, 0.15) is 29.2 Å². The quantitative estimate of drug-likeness (QED) is 0.883. The Morgan fingerprint density at radius 2 is 2.35 bits per heavy atom. The molecule has 0 aliphatic heterocycles. The first kappa shape index (κ1) is 12.3. The van der Waals surface area contributed by atoms with E-state index in [0.29, 0.717) is 6.04 Å². The Morgan fingerprint density at radius 3 is 2.94 bits per heavy atom. The zero-order valence-corrected chi connectivity index (χ0v) is 11.4. The molecule has 17 heavy (non-hydrogen) atoms. The molecule has 0 fully saturated rings. The number of imidazole rings is 1. The van der Waals surface area contributed by atoms with Crippen LogP contribution < -0.4 is 5.32 Å². The summed E-state index contributed by atoms with van der Waals surface area (Å²) in [7, 11) is 2.04. The van der Waals surface area contributed by atoms with Crippen LogP contribution >= 0.6 is 11.3 Å². The Hall–Kier alpha value is -1.13. The lowest BCUT2D eigenvalue weighted by molar-refractivity contribution is 0.570. The third kappa shape index (κ3) is 2.96. The smallest absolute Gasteiger partial charge is 0.109 e. The van der Waals surface area contributed by atoms with Crippen molar-refractivity contribution in [3.05, 3.63) is 40.1 Å². The predicted molar refractivity (Wildman–Crippen MR) is 72.4 cm³/mol. The molecule has 0 amide bonds. The lowest BCUT2D eigenvalue weighted by Gasteiger charge is -2.13. The summed E-state index contributed by atoms with van der Waals surface area (Å²) in [5.41, 5.74) is 1.38. The molecule has 3 nitrogen and oxygen atoms in total. The van der Waals surface area contributed by atoms with Gasteiger partial charge in [0.25, 0.3) is 0 Å². The molecule has 4 heteroatoms. The Labute approximate surface area is 107 Å². The third-order valence-electron chi connectivity index (χ3n) is 3.02. The van der Waals surface area contributed by atoms with Crippen molar-refractivity contribution < 1.29 is 0 Å². The summed E-state index contributed by atoms with van der Waals surface area (Å²) in [4.78, 5) is 5.75. The van der Waals surface area contributed by atoms with Crippen molar-refractivity contribution in [2.24, 2.45) is 7.05 Å². The van der Waals surface area contributed by atoms with Crippen LogP contribution in [0.3, 0.4) is 0 Å². The minimum Gasteiger partial charge on any atom is -0.338 e. The number of nitrogens with zero attached hydrogens (tertiary/aromatic N) is 2. The molecule has 0 spiro atoms. The maximum atomic E-state index is 4.32. The van der Waals surface area contributed by atoms with Crippen molar-refractivity contribution in [3.63, 3.8) is 0 Å². The molecule has 2 rings (SSSR count). The minimum absolute atomic E-state index is 0.426. The molecule has 0 saturated carbocycles. The van der Waals surface area contributed by atoms with E-state index in [1.807, 2.05) is 30.8 Å². The Kier molecular flexibility index (Phi) is 3.97.